The first-order chi connectivity index (χ1) is 15.4. The van der Waals surface area contributed by atoms with E-state index in [4.69, 9.17) is 14.6 Å². The van der Waals surface area contributed by atoms with E-state index in [1.807, 2.05) is 36.4 Å². The Morgan fingerprint density at radius 2 is 1.66 bits per heavy atom. The van der Waals surface area contributed by atoms with Gasteiger partial charge in [0.1, 0.15) is 6.61 Å². The molecule has 32 heavy (non-hydrogen) atoms. The van der Waals surface area contributed by atoms with Gasteiger partial charge >= 0.3 is 12.1 Å². The summed E-state index contributed by atoms with van der Waals surface area (Å²) in [6.07, 6.45) is 1.27. The van der Waals surface area contributed by atoms with Crippen LogP contribution in [0, 0.1) is 0 Å². The van der Waals surface area contributed by atoms with E-state index in [1.54, 1.807) is 6.92 Å². The number of carbonyl (C=O) groups excluding carboxylic acids is 2. The van der Waals surface area contributed by atoms with Crippen molar-refractivity contribution in [3.8, 4) is 11.1 Å². The van der Waals surface area contributed by atoms with Crippen LogP contribution >= 0.6 is 0 Å². The first kappa shape index (κ1) is 23.0. The summed E-state index contributed by atoms with van der Waals surface area (Å²) in [5.74, 6) is -1.83. The second kappa shape index (κ2) is 10.6. The molecule has 0 fully saturated rings. The fourth-order valence-corrected chi connectivity index (χ4v) is 3.67. The molecule has 0 saturated carbocycles. The largest absolute Gasteiger partial charge is 0.480 e. The number of alkyl carbamates (subject to hydrolysis) is 1. The first-order valence-electron chi connectivity index (χ1n) is 10.2. The summed E-state index contributed by atoms with van der Waals surface area (Å²) in [5.41, 5.74) is 4.54. The molecular weight excluding hydrogens is 412 g/mol. The van der Waals surface area contributed by atoms with E-state index in [0.29, 0.717) is 0 Å². The summed E-state index contributed by atoms with van der Waals surface area (Å²) in [5, 5.41) is 14.0. The molecule has 2 amide bonds. The highest BCUT2D eigenvalue weighted by molar-refractivity contribution is 5.91. The molecular formula is C24H26N2O6. The number of fused-ring (bicyclic) bond motifs is 3. The predicted molar refractivity (Wildman–Crippen MR) is 118 cm³/mol. The molecule has 0 unspecified atom stereocenters. The Morgan fingerprint density at radius 1 is 1.06 bits per heavy atom. The number of hydrogen-bond donors (Lipinski definition) is 3. The van der Waals surface area contributed by atoms with Gasteiger partial charge in [-0.25, -0.2) is 9.59 Å². The zero-order valence-electron chi connectivity index (χ0n) is 17.9. The van der Waals surface area contributed by atoms with Crippen LogP contribution in [0.3, 0.4) is 0 Å². The number of carboxylic acid groups (broad SMARTS) is 1. The number of benzene rings is 2. The number of rotatable bonds is 9. The fourth-order valence-electron chi connectivity index (χ4n) is 3.67. The van der Waals surface area contributed by atoms with Crippen LogP contribution in [0.1, 0.15) is 24.0 Å². The average Bonchev–Trinajstić information content (AvgIpc) is 3.12. The number of ether oxygens (including phenoxy) is 2. The molecule has 0 radical (unpaired) electrons. The molecule has 2 atom stereocenters. The molecule has 0 bridgehead atoms. The van der Waals surface area contributed by atoms with Gasteiger partial charge in [0.25, 0.3) is 0 Å². The summed E-state index contributed by atoms with van der Waals surface area (Å²) in [6, 6.07) is 14.9. The van der Waals surface area contributed by atoms with Crippen LogP contribution in [0.2, 0.25) is 0 Å². The first-order valence-corrected chi connectivity index (χ1v) is 10.2. The van der Waals surface area contributed by atoms with E-state index in [2.05, 4.69) is 22.8 Å². The maximum atomic E-state index is 12.1. The molecule has 0 spiro atoms. The summed E-state index contributed by atoms with van der Waals surface area (Å²) in [7, 11) is 1.36. The maximum Gasteiger partial charge on any atom is 0.407 e. The Kier molecular flexibility index (Phi) is 7.62. The Hall–Kier alpha value is -3.65. The Morgan fingerprint density at radius 3 is 2.22 bits per heavy atom. The Balaban J connectivity index is 1.48. The highest BCUT2D eigenvalue weighted by Crippen LogP contribution is 2.44. The van der Waals surface area contributed by atoms with E-state index in [9.17, 15) is 14.4 Å². The number of nitrogens with one attached hydrogen (secondary N) is 2. The van der Waals surface area contributed by atoms with Gasteiger partial charge in [-0.15, -0.1) is 0 Å². The van der Waals surface area contributed by atoms with Gasteiger partial charge in [-0.05, 0) is 29.2 Å². The number of hydrogen-bond acceptors (Lipinski definition) is 5. The molecule has 1 aliphatic carbocycles. The zero-order chi connectivity index (χ0) is 23.1. The number of methoxy groups -OCH3 is 1. The van der Waals surface area contributed by atoms with Crippen LogP contribution in [0.5, 0.6) is 0 Å². The van der Waals surface area contributed by atoms with Crippen LogP contribution in [-0.4, -0.2) is 55.5 Å². The summed E-state index contributed by atoms with van der Waals surface area (Å²) < 4.78 is 10.4. The van der Waals surface area contributed by atoms with Crippen molar-refractivity contribution < 1.29 is 29.0 Å². The number of aliphatic carboxylic acids is 1. The van der Waals surface area contributed by atoms with Gasteiger partial charge in [0.2, 0.25) is 5.91 Å². The molecule has 0 aliphatic heterocycles. The molecule has 168 valence electrons. The van der Waals surface area contributed by atoms with Crippen LogP contribution in [-0.2, 0) is 19.1 Å². The quantitative estimate of drug-likeness (QED) is 0.519. The molecule has 2 aromatic rings. The lowest BCUT2D eigenvalue weighted by Crippen LogP contribution is -2.47. The number of carbonyl (C=O) groups is 3. The molecule has 0 heterocycles. The smallest absolute Gasteiger partial charge is 0.407 e. The monoisotopic (exact) mass is 438 g/mol. The highest BCUT2D eigenvalue weighted by Gasteiger charge is 2.29. The van der Waals surface area contributed by atoms with Crippen molar-refractivity contribution in [2.24, 2.45) is 0 Å². The predicted octanol–water partition coefficient (Wildman–Crippen LogP) is 2.69. The van der Waals surface area contributed by atoms with Crippen molar-refractivity contribution in [1.82, 2.24) is 10.6 Å². The van der Waals surface area contributed by atoms with Crippen molar-refractivity contribution in [3.63, 3.8) is 0 Å². The van der Waals surface area contributed by atoms with Crippen molar-refractivity contribution in [2.45, 2.75) is 25.0 Å². The fraction of sp³-hybridized carbons (Fsp3) is 0.292. The lowest BCUT2D eigenvalue weighted by Gasteiger charge is -2.19. The SMILES string of the molecule is CO[C@H](C)[C@H](NC(=O)/C=C/CNC(=O)OCC1c2ccccc2-c2ccccc21)C(=O)O. The van der Waals surface area contributed by atoms with Gasteiger partial charge in [-0.3, -0.25) is 4.79 Å². The molecule has 1 aliphatic rings. The minimum absolute atomic E-state index is 0.0369. The molecule has 8 heteroatoms. The summed E-state index contributed by atoms with van der Waals surface area (Å²) in [6.45, 7) is 1.79. The third kappa shape index (κ3) is 5.33. The van der Waals surface area contributed by atoms with E-state index >= 15 is 0 Å². The minimum Gasteiger partial charge on any atom is -0.480 e. The third-order valence-electron chi connectivity index (χ3n) is 5.38. The molecule has 8 nitrogen and oxygen atoms in total. The van der Waals surface area contributed by atoms with Crippen LogP contribution in [0.4, 0.5) is 4.79 Å². The van der Waals surface area contributed by atoms with Gasteiger partial charge in [0, 0.05) is 25.6 Å². The van der Waals surface area contributed by atoms with E-state index in [-0.39, 0.29) is 19.1 Å². The van der Waals surface area contributed by atoms with E-state index in [0.717, 1.165) is 28.3 Å². The molecule has 0 saturated heterocycles. The summed E-state index contributed by atoms with van der Waals surface area (Å²) >= 11 is 0. The van der Waals surface area contributed by atoms with Gasteiger partial charge in [0.15, 0.2) is 6.04 Å². The number of carboxylic acids is 1. The lowest BCUT2D eigenvalue weighted by molar-refractivity contribution is -0.144. The second-order valence-electron chi connectivity index (χ2n) is 7.37. The molecule has 0 aromatic heterocycles. The van der Waals surface area contributed by atoms with Gasteiger partial charge in [0.05, 0.1) is 6.10 Å². The van der Waals surface area contributed by atoms with Crippen molar-refractivity contribution in [2.75, 3.05) is 20.3 Å². The molecule has 2 aromatic carbocycles. The zero-order valence-corrected chi connectivity index (χ0v) is 17.9. The normalized spacial score (nSPS) is 14.3. The second-order valence-corrected chi connectivity index (χ2v) is 7.37. The Labute approximate surface area is 186 Å². The van der Waals surface area contributed by atoms with Crippen LogP contribution in [0.15, 0.2) is 60.7 Å². The van der Waals surface area contributed by atoms with E-state index in [1.165, 1.54) is 13.2 Å². The molecule has 3 N–H and O–H groups in total. The number of amides is 2. The van der Waals surface area contributed by atoms with E-state index < -0.39 is 30.1 Å². The van der Waals surface area contributed by atoms with Gasteiger partial charge in [-0.1, -0.05) is 54.6 Å². The van der Waals surface area contributed by atoms with Crippen LogP contribution in [0.25, 0.3) is 11.1 Å². The molecule has 3 rings (SSSR count). The minimum atomic E-state index is -1.20. The topological polar surface area (TPSA) is 114 Å². The van der Waals surface area contributed by atoms with Crippen molar-refractivity contribution in [3.05, 3.63) is 71.8 Å². The van der Waals surface area contributed by atoms with Crippen LogP contribution < -0.4 is 10.6 Å². The lowest BCUT2D eigenvalue weighted by atomic mass is 9.98. The highest BCUT2D eigenvalue weighted by atomic mass is 16.5. The van der Waals surface area contributed by atoms with Gasteiger partial charge < -0.3 is 25.2 Å². The average molecular weight is 438 g/mol. The standard InChI is InChI=1S/C24H26N2O6/c1-15(31-2)22(23(28)29)26-21(27)12-7-13-25-24(30)32-14-20-18-10-5-3-8-16(18)17-9-4-6-11-19(17)20/h3-12,15,20,22H,13-14H2,1-2H3,(H,25,30)(H,26,27)(H,28,29)/b12-7+/t15-,22+/m1/s1. The summed E-state index contributed by atoms with van der Waals surface area (Å²) in [4.78, 5) is 35.2. The third-order valence-corrected chi connectivity index (χ3v) is 5.38. The van der Waals surface area contributed by atoms with Gasteiger partial charge in [-0.2, -0.15) is 0 Å². The van der Waals surface area contributed by atoms with Crippen molar-refractivity contribution in [1.29, 1.82) is 0 Å². The Bertz CT molecular complexity index is 974. The van der Waals surface area contributed by atoms with Crippen molar-refractivity contribution >= 4 is 18.0 Å². The maximum absolute atomic E-state index is 12.1.